The largest absolute Gasteiger partial charge is 0.455 e. The Bertz CT molecular complexity index is 1610. The number of para-hydroxylation sites is 1. The molecule has 1 unspecified atom stereocenters. The van der Waals surface area contributed by atoms with Gasteiger partial charge in [-0.2, -0.15) is 0 Å². The number of fused-ring (bicyclic) bond motifs is 2. The summed E-state index contributed by atoms with van der Waals surface area (Å²) >= 11 is 0. The normalized spacial score (nSPS) is 12.2. The maximum atomic E-state index is 13.1. The first-order valence-electron chi connectivity index (χ1n) is 10.9. The minimum atomic E-state index is -0.0906. The van der Waals surface area contributed by atoms with Crippen LogP contribution in [0.3, 0.4) is 0 Å². The van der Waals surface area contributed by atoms with Crippen LogP contribution in [-0.2, 0) is 7.05 Å². The number of benzene rings is 3. The lowest BCUT2D eigenvalue weighted by molar-refractivity contribution is 0.610. The molecule has 0 fully saturated rings. The zero-order chi connectivity index (χ0) is 23.1. The summed E-state index contributed by atoms with van der Waals surface area (Å²) in [5, 5.41) is 5.49. The van der Waals surface area contributed by atoms with Crippen molar-refractivity contribution in [1.82, 2.24) is 4.57 Å². The second-order valence-corrected chi connectivity index (χ2v) is 8.47. The molecule has 0 saturated heterocycles. The fourth-order valence-corrected chi connectivity index (χ4v) is 4.26. The van der Waals surface area contributed by atoms with Crippen molar-refractivity contribution < 1.29 is 4.42 Å². The van der Waals surface area contributed by atoms with Crippen LogP contribution < -0.4 is 16.3 Å². The number of anilines is 1. The summed E-state index contributed by atoms with van der Waals surface area (Å²) in [5.41, 5.74) is 4.09. The van der Waals surface area contributed by atoms with Crippen molar-refractivity contribution in [3.8, 4) is 11.3 Å². The Morgan fingerprint density at radius 2 is 1.70 bits per heavy atom. The van der Waals surface area contributed by atoms with Crippen molar-refractivity contribution in [2.75, 3.05) is 5.32 Å². The Morgan fingerprint density at radius 1 is 0.909 bits per heavy atom. The molecule has 0 amide bonds. The summed E-state index contributed by atoms with van der Waals surface area (Å²) in [7, 11) is 1.73. The molecule has 0 saturated carbocycles. The molecule has 164 valence electrons. The van der Waals surface area contributed by atoms with E-state index in [9.17, 15) is 9.59 Å². The zero-order valence-electron chi connectivity index (χ0n) is 18.8. The number of rotatable bonds is 4. The van der Waals surface area contributed by atoms with Gasteiger partial charge < -0.3 is 14.3 Å². The molecule has 0 bridgehead atoms. The lowest BCUT2D eigenvalue weighted by Crippen LogP contribution is -2.15. The topological polar surface area (TPSA) is 64.2 Å². The Kier molecular flexibility index (Phi) is 5.09. The first-order valence-corrected chi connectivity index (χ1v) is 10.9. The van der Waals surface area contributed by atoms with E-state index in [1.807, 2.05) is 61.5 Å². The van der Waals surface area contributed by atoms with Crippen LogP contribution in [0, 0.1) is 6.92 Å². The first-order chi connectivity index (χ1) is 15.9. The van der Waals surface area contributed by atoms with Crippen LogP contribution in [0.25, 0.3) is 33.1 Å². The van der Waals surface area contributed by atoms with Gasteiger partial charge in [-0.05, 0) is 61.2 Å². The molecular formula is C28H24N2O3. The fourth-order valence-electron chi connectivity index (χ4n) is 4.26. The molecule has 0 aliphatic rings. The number of aromatic nitrogens is 1. The van der Waals surface area contributed by atoms with E-state index in [1.165, 1.54) is 6.07 Å². The second kappa shape index (κ2) is 8.10. The third-order valence-corrected chi connectivity index (χ3v) is 5.99. The smallest absolute Gasteiger partial charge is 0.258 e. The molecule has 5 nitrogen and oxygen atoms in total. The highest BCUT2D eigenvalue weighted by Gasteiger charge is 2.16. The van der Waals surface area contributed by atoms with Gasteiger partial charge in [-0.15, -0.1) is 0 Å². The molecule has 1 N–H and O–H groups in total. The standard InChI is InChI=1S/C28H24N2O3/c1-17-13-23(18(2)29-21-7-5-4-6-8-21)27-24(14-17)25(31)16-26(33-27)20-9-10-22-19(15-20)11-12-30(3)28(22)32/h4-16,18,29H,1-3H3. The molecule has 2 aromatic heterocycles. The van der Waals surface area contributed by atoms with Crippen LogP contribution in [0.1, 0.15) is 24.1 Å². The molecule has 2 heterocycles. The van der Waals surface area contributed by atoms with Gasteiger partial charge in [-0.1, -0.05) is 30.3 Å². The van der Waals surface area contributed by atoms with E-state index < -0.39 is 0 Å². The van der Waals surface area contributed by atoms with E-state index in [4.69, 9.17) is 4.42 Å². The number of hydrogen-bond donors (Lipinski definition) is 1. The summed E-state index contributed by atoms with van der Waals surface area (Å²) < 4.78 is 7.90. The van der Waals surface area contributed by atoms with E-state index in [1.54, 1.807) is 23.9 Å². The van der Waals surface area contributed by atoms with Crippen molar-refractivity contribution in [2.45, 2.75) is 19.9 Å². The minimum absolute atomic E-state index is 0.0578. The zero-order valence-corrected chi connectivity index (χ0v) is 18.8. The summed E-state index contributed by atoms with van der Waals surface area (Å²) in [6, 6.07) is 22.7. The second-order valence-electron chi connectivity index (χ2n) is 8.47. The summed E-state index contributed by atoms with van der Waals surface area (Å²) in [4.78, 5) is 25.5. The molecule has 5 aromatic rings. The van der Waals surface area contributed by atoms with Crippen LogP contribution in [0.15, 0.2) is 93.0 Å². The number of aryl methyl sites for hydroxylation is 2. The van der Waals surface area contributed by atoms with Crippen molar-refractivity contribution in [3.63, 3.8) is 0 Å². The van der Waals surface area contributed by atoms with Crippen molar-refractivity contribution in [2.24, 2.45) is 7.05 Å². The van der Waals surface area contributed by atoms with Crippen LogP contribution in [0.4, 0.5) is 5.69 Å². The highest BCUT2D eigenvalue weighted by atomic mass is 16.3. The lowest BCUT2D eigenvalue weighted by atomic mass is 10.00. The Labute approximate surface area is 190 Å². The summed E-state index contributed by atoms with van der Waals surface area (Å²) in [5.74, 6) is 0.479. The number of hydrogen-bond acceptors (Lipinski definition) is 4. The number of nitrogens with one attached hydrogen (secondary N) is 1. The van der Waals surface area contributed by atoms with Crippen molar-refractivity contribution in [3.05, 3.63) is 111 Å². The Morgan fingerprint density at radius 3 is 2.48 bits per heavy atom. The third-order valence-electron chi connectivity index (χ3n) is 5.99. The van der Waals surface area contributed by atoms with E-state index in [0.717, 1.165) is 27.8 Å². The Balaban J connectivity index is 1.66. The van der Waals surface area contributed by atoms with Gasteiger partial charge in [0.25, 0.3) is 5.56 Å². The lowest BCUT2D eigenvalue weighted by Gasteiger charge is -2.18. The molecule has 0 radical (unpaired) electrons. The molecule has 0 aliphatic heterocycles. The highest BCUT2D eigenvalue weighted by molar-refractivity contribution is 5.87. The maximum absolute atomic E-state index is 13.1. The number of nitrogens with zero attached hydrogens (tertiary/aromatic N) is 1. The quantitative estimate of drug-likeness (QED) is 0.387. The van der Waals surface area contributed by atoms with Crippen LogP contribution in [-0.4, -0.2) is 4.57 Å². The number of pyridine rings is 1. The monoisotopic (exact) mass is 436 g/mol. The van der Waals surface area contributed by atoms with Gasteiger partial charge in [-0.25, -0.2) is 0 Å². The van der Waals surface area contributed by atoms with Gasteiger partial charge in [0.2, 0.25) is 0 Å². The van der Waals surface area contributed by atoms with Gasteiger partial charge >= 0.3 is 0 Å². The SMILES string of the molecule is Cc1cc(C(C)Nc2ccccc2)c2oc(-c3ccc4c(=O)n(C)ccc4c3)cc(=O)c2c1. The van der Waals surface area contributed by atoms with Gasteiger partial charge in [0.1, 0.15) is 11.3 Å². The van der Waals surface area contributed by atoms with Crippen LogP contribution in [0.5, 0.6) is 0 Å². The molecule has 0 spiro atoms. The average molecular weight is 437 g/mol. The minimum Gasteiger partial charge on any atom is -0.455 e. The van der Waals surface area contributed by atoms with Crippen molar-refractivity contribution >= 4 is 27.4 Å². The van der Waals surface area contributed by atoms with E-state index in [2.05, 4.69) is 18.3 Å². The molecule has 33 heavy (non-hydrogen) atoms. The van der Waals surface area contributed by atoms with E-state index >= 15 is 0 Å². The van der Waals surface area contributed by atoms with Gasteiger partial charge in [-0.3, -0.25) is 9.59 Å². The molecule has 5 heteroatoms. The molecule has 0 aliphatic carbocycles. The van der Waals surface area contributed by atoms with Gasteiger partial charge in [0.15, 0.2) is 5.43 Å². The predicted molar refractivity (Wildman–Crippen MR) is 134 cm³/mol. The van der Waals surface area contributed by atoms with Crippen LogP contribution in [0.2, 0.25) is 0 Å². The van der Waals surface area contributed by atoms with Crippen LogP contribution >= 0.6 is 0 Å². The third kappa shape index (κ3) is 3.82. The Hall–Kier alpha value is -4.12. The molecule has 3 aromatic carbocycles. The van der Waals surface area contributed by atoms with Gasteiger partial charge in [0.05, 0.1) is 11.4 Å². The summed E-state index contributed by atoms with van der Waals surface area (Å²) in [6.07, 6.45) is 1.74. The predicted octanol–water partition coefficient (Wildman–Crippen LogP) is 5.79. The molecular weight excluding hydrogens is 412 g/mol. The van der Waals surface area contributed by atoms with Crippen molar-refractivity contribution in [1.29, 1.82) is 0 Å². The fraction of sp³-hybridized carbons (Fsp3) is 0.143. The molecule has 5 rings (SSSR count). The summed E-state index contributed by atoms with van der Waals surface area (Å²) in [6.45, 7) is 4.04. The molecule has 1 atom stereocenters. The van der Waals surface area contributed by atoms with E-state index in [-0.39, 0.29) is 17.0 Å². The first kappa shape index (κ1) is 20.8. The maximum Gasteiger partial charge on any atom is 0.258 e. The highest BCUT2D eigenvalue weighted by Crippen LogP contribution is 2.31. The average Bonchev–Trinajstić information content (AvgIpc) is 2.82. The van der Waals surface area contributed by atoms with E-state index in [0.29, 0.717) is 22.1 Å². The van der Waals surface area contributed by atoms with Gasteiger partial charge in [0, 0.05) is 41.5 Å².